The number of anilines is 2. The number of benzene rings is 3. The van der Waals surface area contributed by atoms with Gasteiger partial charge in [0.25, 0.3) is 0 Å². The normalized spacial score (nSPS) is 11.7. The van der Waals surface area contributed by atoms with E-state index in [1.54, 1.807) is 0 Å². The van der Waals surface area contributed by atoms with Gasteiger partial charge in [0.1, 0.15) is 6.54 Å². The lowest BCUT2D eigenvalue weighted by molar-refractivity contribution is -0.137. The summed E-state index contributed by atoms with van der Waals surface area (Å²) in [6, 6.07) is 13.4. The molecule has 0 heterocycles. The Bertz CT molecular complexity index is 1320. The first-order valence-electron chi connectivity index (χ1n) is 11.7. The minimum absolute atomic E-state index is 0.0516. The van der Waals surface area contributed by atoms with Crippen molar-refractivity contribution in [1.29, 1.82) is 0 Å². The number of aliphatic carboxylic acids is 2. The van der Waals surface area contributed by atoms with Crippen molar-refractivity contribution in [2.24, 2.45) is 0 Å². The van der Waals surface area contributed by atoms with Gasteiger partial charge in [0.05, 0.1) is 18.7 Å². The quantitative estimate of drug-likeness (QED) is 0.260. The third-order valence-electron chi connectivity index (χ3n) is 6.50. The predicted molar refractivity (Wildman–Crippen MR) is 148 cm³/mol. The summed E-state index contributed by atoms with van der Waals surface area (Å²) in [5.74, 6) is 0.819. The molecule has 0 bridgehead atoms. The summed E-state index contributed by atoms with van der Waals surface area (Å²) in [6.45, 7) is 10.2. The van der Waals surface area contributed by atoms with Crippen molar-refractivity contribution < 1.29 is 19.8 Å². The summed E-state index contributed by atoms with van der Waals surface area (Å²) in [5.41, 5.74) is 6.16. The van der Waals surface area contributed by atoms with Crippen LogP contribution in [0.5, 0.6) is 0 Å². The van der Waals surface area contributed by atoms with Crippen LogP contribution in [0.4, 0.5) is 11.4 Å². The van der Waals surface area contributed by atoms with Gasteiger partial charge in [-0.25, -0.2) is 0 Å². The van der Waals surface area contributed by atoms with Crippen LogP contribution in [0, 0.1) is 40.0 Å². The van der Waals surface area contributed by atoms with Crippen LogP contribution in [0.2, 0.25) is 0 Å². The van der Waals surface area contributed by atoms with Crippen molar-refractivity contribution in [3.05, 3.63) is 64.7 Å². The van der Waals surface area contributed by atoms with Gasteiger partial charge in [-0.15, -0.1) is 6.42 Å². The monoisotopic (exact) mass is 504 g/mol. The lowest BCUT2D eigenvalue weighted by Crippen LogP contribution is -2.35. The summed E-state index contributed by atoms with van der Waals surface area (Å²) in [4.78, 5) is 26.3. The zero-order valence-corrected chi connectivity index (χ0v) is 22.1. The van der Waals surface area contributed by atoms with E-state index in [0.29, 0.717) is 0 Å². The van der Waals surface area contributed by atoms with Gasteiger partial charge >= 0.3 is 11.9 Å². The molecule has 188 valence electrons. The van der Waals surface area contributed by atoms with Gasteiger partial charge in [-0.1, -0.05) is 36.3 Å². The standard InChI is InChI=1S/C29H32N2O4S/c1-7-14-30(20(4)16-27(32)33)25-12-13-26(24-11-9-8-10-23(24)25)31(17-28(34)35)36-29-21(5)18(2)15-19(3)22(29)6/h1,8-13,15,20H,14,16-17H2,2-6H3,(H,32,33)(H,34,35)/t20-/m0/s1. The molecule has 0 amide bonds. The SMILES string of the molecule is C#CCN(c1ccc(N(CC(=O)O)Sc2c(C)c(C)cc(C)c2C)c2ccccc12)[C@@H](C)CC(=O)O. The first-order valence-corrected chi connectivity index (χ1v) is 12.5. The minimum Gasteiger partial charge on any atom is -0.481 e. The van der Waals surface area contributed by atoms with E-state index in [9.17, 15) is 19.8 Å². The maximum atomic E-state index is 11.9. The van der Waals surface area contributed by atoms with Crippen molar-refractivity contribution in [3.63, 3.8) is 0 Å². The van der Waals surface area contributed by atoms with Crippen LogP contribution < -0.4 is 9.21 Å². The molecule has 0 unspecified atom stereocenters. The minimum atomic E-state index is -0.931. The molecule has 7 heteroatoms. The van der Waals surface area contributed by atoms with E-state index < -0.39 is 11.9 Å². The molecule has 6 nitrogen and oxygen atoms in total. The molecule has 0 aliphatic rings. The van der Waals surface area contributed by atoms with Gasteiger partial charge in [0.2, 0.25) is 0 Å². The zero-order valence-electron chi connectivity index (χ0n) is 21.3. The molecule has 2 N–H and O–H groups in total. The largest absolute Gasteiger partial charge is 0.481 e. The van der Waals surface area contributed by atoms with E-state index in [0.717, 1.165) is 49.3 Å². The van der Waals surface area contributed by atoms with Crippen LogP contribution in [0.25, 0.3) is 10.8 Å². The molecular weight excluding hydrogens is 472 g/mol. The number of hydrogen-bond acceptors (Lipinski definition) is 5. The van der Waals surface area contributed by atoms with Gasteiger partial charge < -0.3 is 19.4 Å². The Labute approximate surface area is 217 Å². The van der Waals surface area contributed by atoms with E-state index in [4.69, 9.17) is 6.42 Å². The topological polar surface area (TPSA) is 81.1 Å². The number of hydrogen-bond donors (Lipinski definition) is 2. The fourth-order valence-corrected chi connectivity index (χ4v) is 5.64. The van der Waals surface area contributed by atoms with Crippen LogP contribution in [0.1, 0.15) is 35.6 Å². The average molecular weight is 505 g/mol. The number of nitrogens with zero attached hydrogens (tertiary/aromatic N) is 2. The molecule has 0 aliphatic carbocycles. The van der Waals surface area contributed by atoms with Crippen molar-refractivity contribution in [2.75, 3.05) is 22.3 Å². The number of carbonyl (C=O) groups is 2. The lowest BCUT2D eigenvalue weighted by atomic mass is 10.0. The van der Waals surface area contributed by atoms with Crippen LogP contribution in [-0.4, -0.2) is 41.3 Å². The molecule has 3 aromatic rings. The summed E-state index contributed by atoms with van der Waals surface area (Å²) in [6.07, 6.45) is 5.58. The second-order valence-corrected chi connectivity index (χ2v) is 10.1. The Morgan fingerprint density at radius 2 is 1.50 bits per heavy atom. The fraction of sp³-hybridized carbons (Fsp3) is 0.310. The van der Waals surface area contributed by atoms with Gasteiger partial charge in [-0.3, -0.25) is 9.59 Å². The van der Waals surface area contributed by atoms with E-state index in [-0.39, 0.29) is 25.6 Å². The average Bonchev–Trinajstić information content (AvgIpc) is 2.82. The molecule has 0 aromatic heterocycles. The highest BCUT2D eigenvalue weighted by atomic mass is 32.2. The molecule has 3 rings (SSSR count). The van der Waals surface area contributed by atoms with Crippen molar-refractivity contribution in [2.45, 2.75) is 52.0 Å². The molecule has 0 saturated heterocycles. The third-order valence-corrected chi connectivity index (χ3v) is 7.84. The Hall–Kier alpha value is -3.63. The van der Waals surface area contributed by atoms with Gasteiger partial charge in [-0.05, 0) is 81.0 Å². The maximum absolute atomic E-state index is 11.9. The number of terminal acetylenes is 1. The predicted octanol–water partition coefficient (Wildman–Crippen LogP) is 5.97. The van der Waals surface area contributed by atoms with Crippen LogP contribution in [-0.2, 0) is 9.59 Å². The molecule has 3 aromatic carbocycles. The van der Waals surface area contributed by atoms with Crippen molar-refractivity contribution in [3.8, 4) is 12.3 Å². The number of fused-ring (bicyclic) bond motifs is 1. The summed E-state index contributed by atoms with van der Waals surface area (Å²) >= 11 is 1.43. The second kappa shape index (κ2) is 11.4. The molecule has 0 fully saturated rings. The van der Waals surface area contributed by atoms with E-state index in [1.165, 1.54) is 11.9 Å². The molecule has 0 spiro atoms. The molecular formula is C29H32N2O4S. The van der Waals surface area contributed by atoms with Gasteiger partial charge in [-0.2, -0.15) is 0 Å². The molecule has 0 aliphatic heterocycles. The number of carboxylic acid groups (broad SMARTS) is 2. The maximum Gasteiger partial charge on any atom is 0.324 e. The third kappa shape index (κ3) is 5.77. The number of rotatable bonds is 10. The first-order chi connectivity index (χ1) is 17.0. The van der Waals surface area contributed by atoms with Crippen LogP contribution in [0.3, 0.4) is 0 Å². The van der Waals surface area contributed by atoms with Crippen molar-refractivity contribution in [1.82, 2.24) is 0 Å². The summed E-state index contributed by atoms with van der Waals surface area (Å²) < 4.78 is 1.81. The van der Waals surface area contributed by atoms with Gasteiger partial charge in [0, 0.05) is 27.4 Å². The second-order valence-electron chi connectivity index (χ2n) is 9.04. The van der Waals surface area contributed by atoms with Crippen molar-refractivity contribution >= 4 is 46.0 Å². The van der Waals surface area contributed by atoms with Gasteiger partial charge in [0.15, 0.2) is 0 Å². The molecule has 36 heavy (non-hydrogen) atoms. The van der Waals surface area contributed by atoms with Crippen LogP contribution in [0.15, 0.2) is 47.4 Å². The Kier molecular flexibility index (Phi) is 8.54. The fourth-order valence-electron chi connectivity index (χ4n) is 4.39. The highest BCUT2D eigenvalue weighted by Gasteiger charge is 2.23. The number of carboxylic acids is 2. The zero-order chi connectivity index (χ0) is 26.6. The highest BCUT2D eigenvalue weighted by molar-refractivity contribution is 8.00. The van der Waals surface area contributed by atoms with Crippen LogP contribution >= 0.6 is 11.9 Å². The Balaban J connectivity index is 2.17. The Morgan fingerprint density at radius 1 is 0.944 bits per heavy atom. The van der Waals surface area contributed by atoms with E-state index in [2.05, 4.69) is 39.7 Å². The Morgan fingerprint density at radius 3 is 2.03 bits per heavy atom. The summed E-state index contributed by atoms with van der Waals surface area (Å²) in [7, 11) is 0. The smallest absolute Gasteiger partial charge is 0.324 e. The highest BCUT2D eigenvalue weighted by Crippen LogP contribution is 2.41. The number of aryl methyl sites for hydroxylation is 2. The summed E-state index contributed by atoms with van der Waals surface area (Å²) in [5, 5.41) is 20.9. The molecule has 0 saturated carbocycles. The van der Waals surface area contributed by atoms with E-state index in [1.807, 2.05) is 52.5 Å². The molecule has 0 radical (unpaired) electrons. The molecule has 1 atom stereocenters. The lowest BCUT2D eigenvalue weighted by Gasteiger charge is -2.31. The van der Waals surface area contributed by atoms with E-state index >= 15 is 0 Å². The first kappa shape index (κ1) is 27.0.